The molecule has 2 aliphatic heterocycles. The first-order chi connectivity index (χ1) is 7.42. The third kappa shape index (κ3) is 1.66. The van der Waals surface area contributed by atoms with Crippen LogP contribution in [-0.2, 0) is 4.74 Å². The number of hydrogen-bond donors (Lipinski definition) is 1. The molecule has 4 aliphatic rings. The van der Waals surface area contributed by atoms with E-state index in [2.05, 4.69) is 10.3 Å². The van der Waals surface area contributed by atoms with E-state index in [0.717, 1.165) is 30.8 Å². The van der Waals surface area contributed by atoms with E-state index in [-0.39, 0.29) is 12.4 Å². The largest absolute Gasteiger partial charge is 0.369 e. The lowest BCUT2D eigenvalue weighted by molar-refractivity contribution is 0.255. The van der Waals surface area contributed by atoms with Crippen LogP contribution in [0.4, 0.5) is 0 Å². The van der Waals surface area contributed by atoms with Gasteiger partial charge in [0.15, 0.2) is 5.17 Å². The maximum atomic E-state index is 5.69. The van der Waals surface area contributed by atoms with Gasteiger partial charge in [0.2, 0.25) is 0 Å². The average Bonchev–Trinajstić information content (AvgIpc) is 2.67. The van der Waals surface area contributed by atoms with Crippen molar-refractivity contribution >= 4 is 29.3 Å². The first-order valence-electron chi connectivity index (χ1n) is 5.98. The summed E-state index contributed by atoms with van der Waals surface area (Å²) in [6.45, 7) is 2.00. The summed E-state index contributed by atoms with van der Waals surface area (Å²) in [7, 11) is 0. The van der Waals surface area contributed by atoms with Crippen molar-refractivity contribution in [2.24, 2.45) is 22.7 Å². The second-order valence-electron chi connectivity index (χ2n) is 5.15. The van der Waals surface area contributed by atoms with Crippen molar-refractivity contribution in [1.29, 1.82) is 0 Å². The molecule has 4 rings (SSSR count). The molecule has 5 heteroatoms. The first kappa shape index (κ1) is 11.2. The molecule has 2 saturated carbocycles. The second kappa shape index (κ2) is 4.07. The van der Waals surface area contributed by atoms with Gasteiger partial charge in [0.1, 0.15) is 0 Å². The van der Waals surface area contributed by atoms with Crippen LogP contribution >= 0.6 is 24.2 Å². The molecule has 0 radical (unpaired) electrons. The van der Waals surface area contributed by atoms with Gasteiger partial charge in [-0.15, -0.1) is 12.4 Å². The third-order valence-electron chi connectivity index (χ3n) is 4.31. The SMILES string of the molecule is C1CNC(SCC2CC3CC2C2OC32)=N1.Cl. The molecule has 5 atom stereocenters. The zero-order valence-electron chi connectivity index (χ0n) is 9.09. The highest BCUT2D eigenvalue weighted by Crippen LogP contribution is 2.59. The van der Waals surface area contributed by atoms with Crippen molar-refractivity contribution in [2.45, 2.75) is 25.0 Å². The number of nitrogens with one attached hydrogen (secondary N) is 1. The number of halogens is 1. The minimum absolute atomic E-state index is 0. The van der Waals surface area contributed by atoms with Crippen molar-refractivity contribution in [2.75, 3.05) is 18.8 Å². The van der Waals surface area contributed by atoms with E-state index in [9.17, 15) is 0 Å². The predicted molar refractivity (Wildman–Crippen MR) is 68.4 cm³/mol. The van der Waals surface area contributed by atoms with E-state index < -0.39 is 0 Å². The lowest BCUT2D eigenvalue weighted by Gasteiger charge is -2.18. The molecule has 3 nitrogen and oxygen atoms in total. The molecule has 5 unspecified atom stereocenters. The number of epoxide rings is 1. The zero-order valence-corrected chi connectivity index (χ0v) is 10.7. The zero-order chi connectivity index (χ0) is 9.83. The molecule has 0 amide bonds. The summed E-state index contributed by atoms with van der Waals surface area (Å²) in [4.78, 5) is 4.43. The number of thioether (sulfide) groups is 1. The van der Waals surface area contributed by atoms with E-state index in [1.165, 1.54) is 23.8 Å². The van der Waals surface area contributed by atoms with Crippen molar-refractivity contribution in [3.63, 3.8) is 0 Å². The van der Waals surface area contributed by atoms with E-state index in [0.29, 0.717) is 12.2 Å². The Morgan fingerprint density at radius 1 is 1.38 bits per heavy atom. The molecular formula is C11H17ClN2OS. The summed E-state index contributed by atoms with van der Waals surface area (Å²) in [5, 5.41) is 4.50. The summed E-state index contributed by atoms with van der Waals surface area (Å²) in [5.41, 5.74) is 0. The lowest BCUT2D eigenvalue weighted by atomic mass is 9.90. The van der Waals surface area contributed by atoms with Gasteiger partial charge in [-0.1, -0.05) is 11.8 Å². The van der Waals surface area contributed by atoms with Gasteiger partial charge in [-0.2, -0.15) is 0 Å². The quantitative estimate of drug-likeness (QED) is 0.765. The monoisotopic (exact) mass is 260 g/mol. The Morgan fingerprint density at radius 2 is 2.31 bits per heavy atom. The highest BCUT2D eigenvalue weighted by Gasteiger charge is 2.62. The maximum absolute atomic E-state index is 5.69. The summed E-state index contributed by atoms with van der Waals surface area (Å²) < 4.78 is 5.69. The number of aliphatic imine (C=N–C) groups is 1. The average molecular weight is 261 g/mol. The normalized spacial score (nSPS) is 47.0. The van der Waals surface area contributed by atoms with Crippen molar-refractivity contribution in [3.05, 3.63) is 0 Å². The van der Waals surface area contributed by atoms with E-state index in [4.69, 9.17) is 4.74 Å². The first-order valence-corrected chi connectivity index (χ1v) is 6.97. The highest BCUT2D eigenvalue weighted by atomic mass is 35.5. The fourth-order valence-corrected chi connectivity index (χ4v) is 4.72. The minimum atomic E-state index is 0. The van der Waals surface area contributed by atoms with Gasteiger partial charge < -0.3 is 10.1 Å². The summed E-state index contributed by atoms with van der Waals surface area (Å²) in [5.74, 6) is 3.94. The van der Waals surface area contributed by atoms with E-state index >= 15 is 0 Å². The number of hydrogen-bond acceptors (Lipinski definition) is 4. The molecule has 1 N–H and O–H groups in total. The van der Waals surface area contributed by atoms with Crippen LogP contribution in [0.15, 0.2) is 4.99 Å². The second-order valence-corrected chi connectivity index (χ2v) is 6.15. The van der Waals surface area contributed by atoms with Crippen LogP contribution < -0.4 is 5.32 Å². The number of nitrogens with zero attached hydrogens (tertiary/aromatic N) is 1. The van der Waals surface area contributed by atoms with E-state index in [1.54, 1.807) is 0 Å². The Labute approximate surface area is 106 Å². The van der Waals surface area contributed by atoms with Crippen LogP contribution in [0.1, 0.15) is 12.8 Å². The van der Waals surface area contributed by atoms with Crippen LogP contribution in [0.3, 0.4) is 0 Å². The Hall–Kier alpha value is 0.0700. The van der Waals surface area contributed by atoms with Crippen molar-refractivity contribution < 1.29 is 4.74 Å². The lowest BCUT2D eigenvalue weighted by Crippen LogP contribution is -2.22. The van der Waals surface area contributed by atoms with Crippen LogP contribution in [0.2, 0.25) is 0 Å². The molecule has 16 heavy (non-hydrogen) atoms. The fraction of sp³-hybridized carbons (Fsp3) is 0.909. The summed E-state index contributed by atoms with van der Waals surface area (Å²) in [6, 6.07) is 0. The predicted octanol–water partition coefficient (Wildman–Crippen LogP) is 1.52. The topological polar surface area (TPSA) is 36.9 Å². The Bertz CT molecular complexity index is 325. The molecule has 1 saturated heterocycles. The molecule has 0 aromatic carbocycles. The van der Waals surface area contributed by atoms with Gasteiger partial charge >= 0.3 is 0 Å². The van der Waals surface area contributed by atoms with Crippen LogP contribution in [-0.4, -0.2) is 36.2 Å². The molecular weight excluding hydrogens is 244 g/mol. The fourth-order valence-electron chi connectivity index (χ4n) is 3.58. The molecule has 0 aromatic heterocycles. The van der Waals surface area contributed by atoms with Crippen molar-refractivity contribution in [1.82, 2.24) is 5.32 Å². The molecule has 0 aromatic rings. The smallest absolute Gasteiger partial charge is 0.156 e. The molecule has 2 bridgehead atoms. The highest BCUT2D eigenvalue weighted by molar-refractivity contribution is 8.13. The van der Waals surface area contributed by atoms with E-state index in [1.807, 2.05) is 11.8 Å². The Morgan fingerprint density at radius 3 is 3.00 bits per heavy atom. The number of fused-ring (bicyclic) bond motifs is 5. The molecule has 90 valence electrons. The Kier molecular flexibility index (Phi) is 2.84. The molecule has 2 heterocycles. The molecule has 0 spiro atoms. The maximum Gasteiger partial charge on any atom is 0.156 e. The summed E-state index contributed by atoms with van der Waals surface area (Å²) in [6.07, 6.45) is 4.19. The molecule has 2 aliphatic carbocycles. The molecule has 3 fully saturated rings. The number of rotatable bonds is 2. The summed E-state index contributed by atoms with van der Waals surface area (Å²) >= 11 is 1.92. The van der Waals surface area contributed by atoms with Crippen LogP contribution in [0.5, 0.6) is 0 Å². The van der Waals surface area contributed by atoms with Crippen molar-refractivity contribution in [3.8, 4) is 0 Å². The van der Waals surface area contributed by atoms with Gasteiger partial charge in [0, 0.05) is 12.3 Å². The number of amidine groups is 1. The van der Waals surface area contributed by atoms with Crippen LogP contribution in [0, 0.1) is 17.8 Å². The Balaban J connectivity index is 0.000000810. The van der Waals surface area contributed by atoms with Crippen LogP contribution in [0.25, 0.3) is 0 Å². The minimum Gasteiger partial charge on any atom is -0.369 e. The van der Waals surface area contributed by atoms with Gasteiger partial charge in [0.05, 0.1) is 18.8 Å². The third-order valence-corrected chi connectivity index (χ3v) is 5.45. The van der Waals surface area contributed by atoms with Gasteiger partial charge in [-0.05, 0) is 30.6 Å². The number of ether oxygens (including phenoxy) is 1. The standard InChI is InChI=1S/C11H16N2OS.ClH/c1-2-13-11(12-1)15-5-7-3-6-4-8(7)10-9(6)14-10;/h6-10H,1-5H2,(H,12,13);1H. The van der Waals surface area contributed by atoms with Gasteiger partial charge in [-0.3, -0.25) is 4.99 Å². The van der Waals surface area contributed by atoms with Gasteiger partial charge in [0.25, 0.3) is 0 Å². The van der Waals surface area contributed by atoms with Gasteiger partial charge in [-0.25, -0.2) is 0 Å².